The zero-order chi connectivity index (χ0) is 27.8. The molecule has 0 aliphatic carbocycles. The largest absolute Gasteiger partial charge is 0.487 e. The Morgan fingerprint density at radius 2 is 1.87 bits per heavy atom. The predicted molar refractivity (Wildman–Crippen MR) is 150 cm³/mol. The van der Waals surface area contributed by atoms with Crippen molar-refractivity contribution < 1.29 is 19.1 Å². The summed E-state index contributed by atoms with van der Waals surface area (Å²) in [6, 6.07) is 11.5. The van der Waals surface area contributed by atoms with Crippen LogP contribution in [-0.4, -0.2) is 36.3 Å². The first-order valence-electron chi connectivity index (χ1n) is 11.3. The molecule has 0 aliphatic rings. The molecule has 2 aromatic carbocycles. The average molecular weight is 557 g/mol. The molecule has 3 aromatic rings. The van der Waals surface area contributed by atoms with Gasteiger partial charge in [0.2, 0.25) is 17.7 Å². The first kappa shape index (κ1) is 28.3. The van der Waals surface area contributed by atoms with Gasteiger partial charge in [0.05, 0.1) is 28.6 Å². The van der Waals surface area contributed by atoms with Crippen molar-refractivity contribution in [1.29, 1.82) is 0 Å². The molecule has 12 heteroatoms. The lowest BCUT2D eigenvalue weighted by Crippen LogP contribution is -2.37. The van der Waals surface area contributed by atoms with Crippen molar-refractivity contribution in [3.05, 3.63) is 75.9 Å². The minimum atomic E-state index is -0.478. The van der Waals surface area contributed by atoms with Crippen LogP contribution in [0.1, 0.15) is 18.1 Å². The van der Waals surface area contributed by atoms with E-state index in [1.165, 1.54) is 37.2 Å². The Morgan fingerprint density at radius 3 is 2.55 bits per heavy atom. The summed E-state index contributed by atoms with van der Waals surface area (Å²) in [5, 5.41) is 5.65. The fourth-order valence-electron chi connectivity index (χ4n) is 3.22. The van der Waals surface area contributed by atoms with E-state index in [-0.39, 0.29) is 24.1 Å². The van der Waals surface area contributed by atoms with Crippen LogP contribution in [0.5, 0.6) is 5.75 Å². The molecule has 1 heterocycles. The quantitative estimate of drug-likeness (QED) is 0.230. The van der Waals surface area contributed by atoms with Gasteiger partial charge in [0.15, 0.2) is 0 Å². The van der Waals surface area contributed by atoms with Gasteiger partial charge in [-0.2, -0.15) is 0 Å². The number of ether oxygens (including phenoxy) is 1. The van der Waals surface area contributed by atoms with E-state index < -0.39 is 11.8 Å². The van der Waals surface area contributed by atoms with E-state index in [1.807, 2.05) is 0 Å². The van der Waals surface area contributed by atoms with E-state index in [9.17, 15) is 14.4 Å². The van der Waals surface area contributed by atoms with Crippen LogP contribution in [0, 0.1) is 0 Å². The number of likely N-dealkylation sites (N-methyl/N-ethyl adjacent to an activating group) is 1. The third-order valence-corrected chi connectivity index (χ3v) is 6.08. The number of nitrogens with one attached hydrogen (secondary N) is 2. The number of anilines is 4. The molecule has 3 amide bonds. The van der Waals surface area contributed by atoms with Crippen molar-refractivity contribution >= 4 is 69.9 Å². The number of aromatic nitrogens is 1. The van der Waals surface area contributed by atoms with Gasteiger partial charge in [-0.05, 0) is 48.0 Å². The Balaban J connectivity index is 1.60. The molecule has 0 radical (unpaired) electrons. The molecular weight excluding hydrogens is 531 g/mol. The molecular formula is C26H26Cl2N6O4. The zero-order valence-electron chi connectivity index (χ0n) is 20.6. The second-order valence-corrected chi connectivity index (χ2v) is 8.85. The Kier molecular flexibility index (Phi) is 9.53. The molecule has 10 nitrogen and oxygen atoms in total. The van der Waals surface area contributed by atoms with Crippen molar-refractivity contribution in [2.24, 2.45) is 0 Å². The molecule has 0 atom stereocenters. The van der Waals surface area contributed by atoms with Crippen LogP contribution < -0.4 is 31.7 Å². The third kappa shape index (κ3) is 7.37. The summed E-state index contributed by atoms with van der Waals surface area (Å²) in [6.45, 7) is 1.10. The van der Waals surface area contributed by atoms with Crippen LogP contribution >= 0.6 is 23.2 Å². The van der Waals surface area contributed by atoms with Crippen LogP contribution in [0.3, 0.4) is 0 Å². The van der Waals surface area contributed by atoms with Crippen LogP contribution in [0.4, 0.5) is 22.9 Å². The van der Waals surface area contributed by atoms with E-state index in [1.54, 1.807) is 42.5 Å². The molecule has 0 saturated heterocycles. The number of benzene rings is 2. The van der Waals surface area contributed by atoms with Crippen molar-refractivity contribution in [2.45, 2.75) is 13.5 Å². The van der Waals surface area contributed by atoms with Crippen molar-refractivity contribution in [3.8, 4) is 5.75 Å². The monoisotopic (exact) mass is 556 g/mol. The second-order valence-electron chi connectivity index (χ2n) is 8.07. The highest BCUT2D eigenvalue weighted by molar-refractivity contribution is 6.38. The van der Waals surface area contributed by atoms with E-state index in [2.05, 4.69) is 15.6 Å². The average Bonchev–Trinajstić information content (AvgIpc) is 2.88. The van der Waals surface area contributed by atoms with Gasteiger partial charge in [-0.15, -0.1) is 0 Å². The highest BCUT2D eigenvalue weighted by Crippen LogP contribution is 2.35. The Labute approximate surface area is 229 Å². The molecule has 198 valence electrons. The first-order valence-corrected chi connectivity index (χ1v) is 12.0. The second kappa shape index (κ2) is 12.8. The highest BCUT2D eigenvalue weighted by Gasteiger charge is 2.19. The van der Waals surface area contributed by atoms with Crippen molar-refractivity contribution in [3.63, 3.8) is 0 Å². The predicted octanol–water partition coefficient (Wildman–Crippen LogP) is 3.88. The number of para-hydroxylation sites is 1. The first-order chi connectivity index (χ1) is 18.1. The fourth-order valence-corrected chi connectivity index (χ4v) is 3.82. The molecule has 0 aliphatic heterocycles. The maximum atomic E-state index is 12.7. The van der Waals surface area contributed by atoms with Gasteiger partial charge in [0.1, 0.15) is 18.2 Å². The lowest BCUT2D eigenvalue weighted by molar-refractivity contribution is -0.122. The molecule has 0 spiro atoms. The lowest BCUT2D eigenvalue weighted by Gasteiger charge is -2.21. The highest BCUT2D eigenvalue weighted by atomic mass is 35.5. The van der Waals surface area contributed by atoms with Gasteiger partial charge in [-0.3, -0.25) is 14.4 Å². The normalized spacial score (nSPS) is 10.7. The summed E-state index contributed by atoms with van der Waals surface area (Å²) in [4.78, 5) is 41.4. The van der Waals surface area contributed by atoms with E-state index >= 15 is 0 Å². The number of nitrogens with two attached hydrogens (primary N) is 2. The number of amides is 3. The number of nitrogen functional groups attached to an aromatic ring is 2. The van der Waals surface area contributed by atoms with Crippen LogP contribution in [-0.2, 0) is 21.0 Å². The topological polar surface area (TPSA) is 153 Å². The van der Waals surface area contributed by atoms with Gasteiger partial charge >= 0.3 is 0 Å². The maximum Gasteiger partial charge on any atom is 0.246 e. The maximum absolute atomic E-state index is 12.7. The van der Waals surface area contributed by atoms with E-state index in [0.717, 1.165) is 0 Å². The third-order valence-electron chi connectivity index (χ3n) is 5.30. The number of halogens is 2. The van der Waals surface area contributed by atoms with Crippen LogP contribution in [0.2, 0.25) is 10.0 Å². The van der Waals surface area contributed by atoms with Gasteiger partial charge in [0, 0.05) is 36.8 Å². The number of rotatable bonds is 9. The van der Waals surface area contributed by atoms with Gasteiger partial charge in [-0.1, -0.05) is 29.3 Å². The smallest absolute Gasteiger partial charge is 0.246 e. The fraction of sp³-hybridized carbons (Fsp3) is 0.154. The number of carbonyl (C=O) groups excluding carboxylic acids is 3. The molecule has 0 bridgehead atoms. The summed E-state index contributed by atoms with van der Waals surface area (Å²) >= 11 is 12.9. The summed E-state index contributed by atoms with van der Waals surface area (Å²) in [5.74, 6) is -0.348. The van der Waals surface area contributed by atoms with Crippen LogP contribution in [0.25, 0.3) is 6.08 Å². The molecule has 0 fully saturated rings. The van der Waals surface area contributed by atoms with Gasteiger partial charge in [0.25, 0.3) is 0 Å². The summed E-state index contributed by atoms with van der Waals surface area (Å²) in [7, 11) is 1.53. The minimum absolute atomic E-state index is 0.0105. The van der Waals surface area contributed by atoms with Gasteiger partial charge in [-0.25, -0.2) is 4.98 Å². The number of nitrogens with zero attached hydrogens (tertiary/aromatic N) is 2. The van der Waals surface area contributed by atoms with Gasteiger partial charge < -0.3 is 31.7 Å². The molecule has 3 rings (SSSR count). The number of carbonyl (C=O) groups is 3. The Morgan fingerprint density at radius 1 is 1.11 bits per heavy atom. The molecule has 0 unspecified atom stereocenters. The Hall–Kier alpha value is -4.28. The van der Waals surface area contributed by atoms with Crippen LogP contribution in [0.15, 0.2) is 54.7 Å². The van der Waals surface area contributed by atoms with E-state index in [4.69, 9.17) is 39.4 Å². The summed E-state index contributed by atoms with van der Waals surface area (Å²) in [6.07, 6.45) is 4.30. The Bertz CT molecular complexity index is 1380. The molecule has 6 N–H and O–H groups in total. The SMILES string of the molecule is CC(=O)Nc1ccc(C=CC(=O)NCC(=O)N(C)c2ccc(Cl)c(COc3cccc(N)c3N)c2Cl)cn1. The number of pyridine rings is 1. The van der Waals surface area contributed by atoms with E-state index in [0.29, 0.717) is 44.8 Å². The standard InChI is InChI=1S/C26H26Cl2N6O4/c1-15(35)33-22-10-6-16(12-31-22)7-11-23(36)32-13-24(37)34(2)20-9-8-18(27)17(25(20)28)14-38-21-5-3-4-19(29)26(21)30/h3-12H,13-14,29-30H2,1-2H3,(H,32,36)(H,31,33,35). The number of hydrogen-bond donors (Lipinski definition) is 4. The molecule has 0 saturated carbocycles. The number of hydrogen-bond acceptors (Lipinski definition) is 7. The molecule has 1 aromatic heterocycles. The lowest BCUT2D eigenvalue weighted by atomic mass is 10.2. The summed E-state index contributed by atoms with van der Waals surface area (Å²) in [5.41, 5.74) is 13.9. The van der Waals surface area contributed by atoms with Crippen molar-refractivity contribution in [1.82, 2.24) is 10.3 Å². The van der Waals surface area contributed by atoms with Crippen molar-refractivity contribution in [2.75, 3.05) is 35.3 Å². The molecule has 38 heavy (non-hydrogen) atoms. The summed E-state index contributed by atoms with van der Waals surface area (Å²) < 4.78 is 5.76. The minimum Gasteiger partial charge on any atom is -0.487 e. The zero-order valence-corrected chi connectivity index (χ0v) is 22.1.